The molecule has 3 aromatic rings. The van der Waals surface area contributed by atoms with Crippen LogP contribution in [0.3, 0.4) is 0 Å². The van der Waals surface area contributed by atoms with E-state index in [4.69, 9.17) is 4.74 Å². The minimum absolute atomic E-state index is 0.276. The Morgan fingerprint density at radius 3 is 2.74 bits per heavy atom. The van der Waals surface area contributed by atoms with Crippen molar-refractivity contribution < 1.29 is 14.3 Å². The molecule has 0 unspecified atom stereocenters. The van der Waals surface area contributed by atoms with Crippen molar-refractivity contribution in [2.24, 2.45) is 0 Å². The van der Waals surface area contributed by atoms with Crippen LogP contribution in [0, 0.1) is 13.8 Å². The number of nitrogens with zero attached hydrogens (tertiary/aromatic N) is 5. The van der Waals surface area contributed by atoms with Gasteiger partial charge in [-0.3, -0.25) is 9.69 Å². The molecule has 2 heterocycles. The molecule has 4 rings (SSSR count). The first kappa shape index (κ1) is 20.5. The SMILES string of the molecule is Cc1ccc(C)c(OCCCN2C(=O)N[C@](C)(c3cccc(-n4cnnn4)c3)C2=O)c1. The Bertz CT molecular complexity index is 1110. The molecule has 1 aliphatic rings. The van der Waals surface area contributed by atoms with Crippen molar-refractivity contribution in [3.63, 3.8) is 0 Å². The molecule has 160 valence electrons. The van der Waals surface area contributed by atoms with Gasteiger partial charge in [0, 0.05) is 6.54 Å². The highest BCUT2D eigenvalue weighted by molar-refractivity contribution is 6.07. The first-order valence-corrected chi connectivity index (χ1v) is 10.1. The normalized spacial score (nSPS) is 18.4. The van der Waals surface area contributed by atoms with Crippen LogP contribution in [0.15, 0.2) is 48.8 Å². The second-order valence-corrected chi connectivity index (χ2v) is 7.79. The van der Waals surface area contributed by atoms with Crippen LogP contribution in [0.5, 0.6) is 5.75 Å². The summed E-state index contributed by atoms with van der Waals surface area (Å²) in [4.78, 5) is 27.0. The van der Waals surface area contributed by atoms with Crippen LogP contribution in [0.4, 0.5) is 4.79 Å². The average Bonchev–Trinajstić information content (AvgIpc) is 3.37. The standard InChI is InChI=1S/C22H24N6O3/c1-15-8-9-16(2)19(12-15)31-11-5-10-27-20(29)22(3,24-21(27)30)17-6-4-7-18(13-17)28-14-23-25-26-28/h4,6-9,12-14H,5,10-11H2,1-3H3,(H,24,30)/t22-/m1/s1. The molecule has 1 N–H and O–H groups in total. The van der Waals surface area contributed by atoms with Crippen LogP contribution in [-0.4, -0.2) is 50.2 Å². The number of urea groups is 1. The molecule has 9 nitrogen and oxygen atoms in total. The molecule has 2 aromatic carbocycles. The van der Waals surface area contributed by atoms with Crippen LogP contribution in [0.2, 0.25) is 0 Å². The van der Waals surface area contributed by atoms with E-state index in [1.807, 2.05) is 38.1 Å². The Labute approximate surface area is 180 Å². The molecule has 0 spiro atoms. The van der Waals surface area contributed by atoms with Gasteiger partial charge in [0.2, 0.25) is 0 Å². The molecule has 0 bridgehead atoms. The summed E-state index contributed by atoms with van der Waals surface area (Å²) in [7, 11) is 0. The lowest BCUT2D eigenvalue weighted by Crippen LogP contribution is -2.41. The molecule has 9 heteroatoms. The molecular weight excluding hydrogens is 396 g/mol. The van der Waals surface area contributed by atoms with Gasteiger partial charge in [-0.1, -0.05) is 24.3 Å². The lowest BCUT2D eigenvalue weighted by molar-refractivity contribution is -0.131. The first-order chi connectivity index (χ1) is 14.9. The Kier molecular flexibility index (Phi) is 5.41. The van der Waals surface area contributed by atoms with Gasteiger partial charge in [-0.25, -0.2) is 9.48 Å². The van der Waals surface area contributed by atoms with Crippen molar-refractivity contribution in [2.45, 2.75) is 32.7 Å². The van der Waals surface area contributed by atoms with Crippen molar-refractivity contribution in [1.82, 2.24) is 30.4 Å². The van der Waals surface area contributed by atoms with Gasteiger partial charge in [0.1, 0.15) is 17.6 Å². The van der Waals surface area contributed by atoms with Gasteiger partial charge in [-0.15, -0.1) is 5.10 Å². The van der Waals surface area contributed by atoms with Gasteiger partial charge in [0.15, 0.2) is 0 Å². The van der Waals surface area contributed by atoms with E-state index in [0.29, 0.717) is 24.3 Å². The fourth-order valence-electron chi connectivity index (χ4n) is 3.60. The topological polar surface area (TPSA) is 102 Å². The van der Waals surface area contributed by atoms with Gasteiger partial charge < -0.3 is 10.1 Å². The Morgan fingerprint density at radius 2 is 1.97 bits per heavy atom. The summed E-state index contributed by atoms with van der Waals surface area (Å²) in [6, 6.07) is 12.8. The van der Waals surface area contributed by atoms with E-state index < -0.39 is 11.6 Å². The third-order valence-electron chi connectivity index (χ3n) is 5.44. The summed E-state index contributed by atoms with van der Waals surface area (Å²) in [5.74, 6) is 0.527. The molecule has 1 aliphatic heterocycles. The molecule has 1 saturated heterocycles. The van der Waals surface area contributed by atoms with E-state index in [1.165, 1.54) is 15.9 Å². The Hall–Kier alpha value is -3.75. The van der Waals surface area contributed by atoms with Crippen molar-refractivity contribution in [2.75, 3.05) is 13.2 Å². The highest BCUT2D eigenvalue weighted by Crippen LogP contribution is 2.30. The largest absolute Gasteiger partial charge is 0.493 e. The molecule has 1 atom stereocenters. The number of amides is 3. The molecule has 0 saturated carbocycles. The van der Waals surface area contributed by atoms with Gasteiger partial charge in [-0.2, -0.15) is 0 Å². The van der Waals surface area contributed by atoms with Crippen molar-refractivity contribution >= 4 is 11.9 Å². The number of carbonyl (C=O) groups excluding carboxylic acids is 2. The molecular formula is C22H24N6O3. The molecule has 31 heavy (non-hydrogen) atoms. The highest BCUT2D eigenvalue weighted by Gasteiger charge is 2.48. The molecule has 0 radical (unpaired) electrons. The number of aromatic nitrogens is 4. The second-order valence-electron chi connectivity index (χ2n) is 7.79. The summed E-state index contributed by atoms with van der Waals surface area (Å²) in [6.07, 6.45) is 2.01. The number of imide groups is 1. The fraction of sp³-hybridized carbons (Fsp3) is 0.318. The van der Waals surface area contributed by atoms with Gasteiger partial charge in [0.25, 0.3) is 5.91 Å². The summed E-state index contributed by atoms with van der Waals surface area (Å²) < 4.78 is 7.35. The number of tetrazole rings is 1. The third-order valence-corrected chi connectivity index (χ3v) is 5.44. The second kappa shape index (κ2) is 8.17. The summed E-state index contributed by atoms with van der Waals surface area (Å²) >= 11 is 0. The third kappa shape index (κ3) is 3.98. The number of nitrogens with one attached hydrogen (secondary N) is 1. The summed E-state index contributed by atoms with van der Waals surface area (Å²) in [5, 5.41) is 14.0. The monoisotopic (exact) mass is 420 g/mol. The maximum Gasteiger partial charge on any atom is 0.325 e. The highest BCUT2D eigenvalue weighted by atomic mass is 16.5. The van der Waals surface area contributed by atoms with Gasteiger partial charge >= 0.3 is 6.03 Å². The van der Waals surface area contributed by atoms with Crippen LogP contribution in [0.1, 0.15) is 30.0 Å². The first-order valence-electron chi connectivity index (χ1n) is 10.1. The number of aryl methyl sites for hydroxylation is 2. The number of rotatable bonds is 7. The zero-order valence-corrected chi connectivity index (χ0v) is 17.7. The lowest BCUT2D eigenvalue weighted by atomic mass is 9.91. The summed E-state index contributed by atoms with van der Waals surface area (Å²) in [5.41, 5.74) is 2.37. The smallest absolute Gasteiger partial charge is 0.325 e. The van der Waals surface area contributed by atoms with E-state index in [9.17, 15) is 9.59 Å². The van der Waals surface area contributed by atoms with Crippen molar-refractivity contribution in [3.05, 3.63) is 65.5 Å². The number of ether oxygens (including phenoxy) is 1. The van der Waals surface area contributed by atoms with Crippen LogP contribution in [-0.2, 0) is 10.3 Å². The van der Waals surface area contributed by atoms with E-state index in [-0.39, 0.29) is 12.5 Å². The van der Waals surface area contributed by atoms with Gasteiger partial charge in [0.05, 0.1) is 12.3 Å². The van der Waals surface area contributed by atoms with E-state index in [0.717, 1.165) is 16.9 Å². The number of hydrogen-bond donors (Lipinski definition) is 1. The molecule has 1 fully saturated rings. The fourth-order valence-corrected chi connectivity index (χ4v) is 3.60. The van der Waals surface area contributed by atoms with E-state index in [2.05, 4.69) is 20.8 Å². The average molecular weight is 420 g/mol. The summed E-state index contributed by atoms with van der Waals surface area (Å²) in [6.45, 7) is 6.39. The predicted octanol–water partition coefficient (Wildman–Crippen LogP) is 2.52. The quantitative estimate of drug-likeness (QED) is 0.465. The maximum atomic E-state index is 13.2. The van der Waals surface area contributed by atoms with E-state index in [1.54, 1.807) is 25.1 Å². The van der Waals surface area contributed by atoms with Gasteiger partial charge in [-0.05, 0) is 72.5 Å². The molecule has 1 aromatic heterocycles. The molecule has 0 aliphatic carbocycles. The van der Waals surface area contributed by atoms with Crippen molar-refractivity contribution in [3.8, 4) is 11.4 Å². The Morgan fingerprint density at radius 1 is 1.13 bits per heavy atom. The number of benzene rings is 2. The van der Waals surface area contributed by atoms with Crippen LogP contribution in [0.25, 0.3) is 5.69 Å². The predicted molar refractivity (Wildman–Crippen MR) is 113 cm³/mol. The minimum atomic E-state index is -1.16. The zero-order valence-electron chi connectivity index (χ0n) is 17.7. The van der Waals surface area contributed by atoms with Crippen LogP contribution >= 0.6 is 0 Å². The van der Waals surface area contributed by atoms with E-state index >= 15 is 0 Å². The van der Waals surface area contributed by atoms with Crippen molar-refractivity contribution in [1.29, 1.82) is 0 Å². The minimum Gasteiger partial charge on any atom is -0.493 e. The number of hydrogen-bond acceptors (Lipinski definition) is 6. The molecule has 3 amide bonds. The maximum absolute atomic E-state index is 13.2. The van der Waals surface area contributed by atoms with Crippen LogP contribution < -0.4 is 10.1 Å². The zero-order chi connectivity index (χ0) is 22.0. The Balaban J connectivity index is 1.42. The lowest BCUT2D eigenvalue weighted by Gasteiger charge is -2.23. The number of carbonyl (C=O) groups is 2.